The van der Waals surface area contributed by atoms with Gasteiger partial charge in [-0.1, -0.05) is 0 Å². The molecule has 1 aromatic carbocycles. The molecule has 0 saturated carbocycles. The Morgan fingerprint density at radius 2 is 1.75 bits per heavy atom. The molecule has 0 aliphatic rings. The fraction of sp³-hybridized carbons (Fsp3) is 0.538. The number of unbranched alkanes of at least 4 members (excludes halogenated alkanes) is 1. The Bertz CT molecular complexity index is 373. The Balaban J connectivity index is 0.00000361. The second kappa shape index (κ2) is 9.37. The summed E-state index contributed by atoms with van der Waals surface area (Å²) in [5.41, 5.74) is 5.03. The molecule has 0 bridgehead atoms. The summed E-state index contributed by atoms with van der Waals surface area (Å²) in [6.45, 7) is 0.477. The van der Waals surface area contributed by atoms with E-state index in [0.717, 1.165) is 31.4 Å². The summed E-state index contributed by atoms with van der Waals surface area (Å²) < 4.78 is 42.3. The van der Waals surface area contributed by atoms with Crippen LogP contribution in [0.25, 0.3) is 0 Å². The third-order valence-corrected chi connectivity index (χ3v) is 3.12. The third-order valence-electron chi connectivity index (χ3n) is 2.65. The van der Waals surface area contributed by atoms with Crippen molar-refractivity contribution in [2.45, 2.75) is 31.5 Å². The number of halogens is 4. The first-order chi connectivity index (χ1) is 8.93. The van der Waals surface area contributed by atoms with Crippen molar-refractivity contribution in [2.24, 2.45) is 5.73 Å². The lowest BCUT2D eigenvalue weighted by Gasteiger charge is -2.10. The van der Waals surface area contributed by atoms with Crippen LogP contribution in [-0.2, 0) is 6.18 Å². The van der Waals surface area contributed by atoms with Crippen LogP contribution in [0.5, 0.6) is 5.75 Å². The van der Waals surface area contributed by atoms with Crippen LogP contribution in [0.1, 0.15) is 24.8 Å². The van der Waals surface area contributed by atoms with Crippen LogP contribution < -0.4 is 10.5 Å². The maximum Gasteiger partial charge on any atom is 0.416 e. The molecule has 1 atom stereocenters. The van der Waals surface area contributed by atoms with Crippen LogP contribution in [0, 0.1) is 0 Å². The molecule has 7 heteroatoms. The van der Waals surface area contributed by atoms with Gasteiger partial charge in [0.2, 0.25) is 0 Å². The van der Waals surface area contributed by atoms with Crippen molar-refractivity contribution in [3.8, 4) is 5.75 Å². The molecular formula is C13H19ClF3NOS. The molecule has 0 aromatic heterocycles. The topological polar surface area (TPSA) is 35.2 Å². The maximum absolute atomic E-state index is 12.3. The lowest BCUT2D eigenvalue weighted by atomic mass is 10.1. The van der Waals surface area contributed by atoms with Gasteiger partial charge in [0.05, 0.1) is 12.2 Å². The zero-order valence-electron chi connectivity index (χ0n) is 10.9. The first-order valence-corrected chi connectivity index (χ1v) is 6.73. The van der Waals surface area contributed by atoms with Crippen molar-refractivity contribution < 1.29 is 17.9 Å². The van der Waals surface area contributed by atoms with Gasteiger partial charge in [-0.25, -0.2) is 0 Å². The minimum absolute atomic E-state index is 0. The number of nitrogens with two attached hydrogens (primary N) is 1. The monoisotopic (exact) mass is 329 g/mol. The van der Waals surface area contributed by atoms with Crippen molar-refractivity contribution in [3.63, 3.8) is 0 Å². The van der Waals surface area contributed by atoms with E-state index < -0.39 is 11.7 Å². The molecule has 1 rings (SSSR count). The number of benzene rings is 1. The lowest BCUT2D eigenvalue weighted by Crippen LogP contribution is -2.21. The molecule has 0 amide bonds. The maximum atomic E-state index is 12.3. The Hall–Kier alpha value is -0.590. The number of alkyl halides is 3. The third kappa shape index (κ3) is 7.26. The van der Waals surface area contributed by atoms with Gasteiger partial charge in [-0.15, -0.1) is 12.4 Å². The van der Waals surface area contributed by atoms with Gasteiger partial charge < -0.3 is 10.5 Å². The number of hydrogen-bond acceptors (Lipinski definition) is 3. The van der Waals surface area contributed by atoms with Gasteiger partial charge in [0.1, 0.15) is 5.75 Å². The van der Waals surface area contributed by atoms with Crippen molar-refractivity contribution in [2.75, 3.05) is 12.4 Å². The molecule has 0 aliphatic carbocycles. The average Bonchev–Trinajstić information content (AvgIpc) is 2.37. The number of rotatable bonds is 7. The first kappa shape index (κ1) is 19.4. The highest BCUT2D eigenvalue weighted by Crippen LogP contribution is 2.30. The SMILES string of the molecule is Cl.NC(CS)CCCCOc1ccc(C(F)(F)F)cc1. The van der Waals surface area contributed by atoms with E-state index in [9.17, 15) is 13.2 Å². The summed E-state index contributed by atoms with van der Waals surface area (Å²) in [6.07, 6.45) is -1.69. The van der Waals surface area contributed by atoms with E-state index in [0.29, 0.717) is 18.1 Å². The number of hydrogen-bond donors (Lipinski definition) is 2. The zero-order chi connectivity index (χ0) is 14.3. The van der Waals surface area contributed by atoms with Crippen LogP contribution in [0.2, 0.25) is 0 Å². The minimum Gasteiger partial charge on any atom is -0.494 e. The molecule has 0 fully saturated rings. The van der Waals surface area contributed by atoms with Gasteiger partial charge in [0, 0.05) is 11.8 Å². The summed E-state index contributed by atoms with van der Waals surface area (Å²) >= 11 is 4.08. The average molecular weight is 330 g/mol. The molecule has 2 nitrogen and oxygen atoms in total. The van der Waals surface area contributed by atoms with Crippen molar-refractivity contribution in [3.05, 3.63) is 29.8 Å². The summed E-state index contributed by atoms with van der Waals surface area (Å²) in [4.78, 5) is 0. The zero-order valence-corrected chi connectivity index (χ0v) is 12.6. The van der Waals surface area contributed by atoms with E-state index in [1.807, 2.05) is 0 Å². The highest BCUT2D eigenvalue weighted by molar-refractivity contribution is 7.80. The van der Waals surface area contributed by atoms with E-state index in [-0.39, 0.29) is 18.4 Å². The van der Waals surface area contributed by atoms with E-state index >= 15 is 0 Å². The van der Waals surface area contributed by atoms with Crippen LogP contribution in [0.4, 0.5) is 13.2 Å². The van der Waals surface area contributed by atoms with Gasteiger partial charge in [0.25, 0.3) is 0 Å². The van der Waals surface area contributed by atoms with Gasteiger partial charge in [0.15, 0.2) is 0 Å². The van der Waals surface area contributed by atoms with Crippen molar-refractivity contribution >= 4 is 25.0 Å². The quantitative estimate of drug-likeness (QED) is 0.587. The highest BCUT2D eigenvalue weighted by Gasteiger charge is 2.29. The van der Waals surface area contributed by atoms with Crippen LogP contribution in [0.15, 0.2) is 24.3 Å². The fourth-order valence-electron chi connectivity index (χ4n) is 1.53. The molecular weight excluding hydrogens is 311 g/mol. The Morgan fingerprint density at radius 1 is 1.15 bits per heavy atom. The van der Waals surface area contributed by atoms with E-state index in [1.165, 1.54) is 12.1 Å². The molecule has 1 aromatic rings. The Morgan fingerprint density at radius 3 is 2.25 bits per heavy atom. The van der Waals surface area contributed by atoms with E-state index in [2.05, 4.69) is 12.6 Å². The standard InChI is InChI=1S/C13H18F3NOS.ClH/c14-13(15,16)10-4-6-12(7-5-10)18-8-2-1-3-11(17)9-19;/h4-7,11,19H,1-3,8-9,17H2;1H. The summed E-state index contributed by atoms with van der Waals surface area (Å²) in [5.74, 6) is 1.10. The summed E-state index contributed by atoms with van der Waals surface area (Å²) in [5, 5.41) is 0. The Kier molecular flexibility index (Phi) is 9.09. The molecule has 1 unspecified atom stereocenters. The molecule has 0 heterocycles. The molecule has 0 aliphatic heterocycles. The molecule has 0 radical (unpaired) electrons. The van der Waals surface area contributed by atoms with Gasteiger partial charge in [-0.3, -0.25) is 0 Å². The smallest absolute Gasteiger partial charge is 0.416 e. The Labute approximate surface area is 128 Å². The van der Waals surface area contributed by atoms with Crippen molar-refractivity contribution in [1.82, 2.24) is 0 Å². The predicted molar refractivity (Wildman–Crippen MR) is 79.9 cm³/mol. The number of ether oxygens (including phenoxy) is 1. The molecule has 2 N–H and O–H groups in total. The fourth-order valence-corrected chi connectivity index (χ4v) is 1.71. The van der Waals surface area contributed by atoms with Gasteiger partial charge >= 0.3 is 6.18 Å². The first-order valence-electron chi connectivity index (χ1n) is 6.10. The lowest BCUT2D eigenvalue weighted by molar-refractivity contribution is -0.137. The normalized spacial score (nSPS) is 12.7. The highest BCUT2D eigenvalue weighted by atomic mass is 35.5. The van der Waals surface area contributed by atoms with E-state index in [4.69, 9.17) is 10.5 Å². The minimum atomic E-state index is -4.30. The predicted octanol–water partition coefficient (Wildman–Crippen LogP) is 3.93. The van der Waals surface area contributed by atoms with Gasteiger partial charge in [-0.2, -0.15) is 25.8 Å². The molecule has 116 valence electrons. The number of thiol groups is 1. The molecule has 20 heavy (non-hydrogen) atoms. The van der Waals surface area contributed by atoms with Crippen molar-refractivity contribution in [1.29, 1.82) is 0 Å². The van der Waals surface area contributed by atoms with Crippen LogP contribution >= 0.6 is 25.0 Å². The second-order valence-corrected chi connectivity index (χ2v) is 4.67. The van der Waals surface area contributed by atoms with E-state index in [1.54, 1.807) is 0 Å². The van der Waals surface area contributed by atoms with Gasteiger partial charge in [-0.05, 0) is 43.5 Å². The molecule has 0 spiro atoms. The van der Waals surface area contributed by atoms with Crippen LogP contribution in [0.3, 0.4) is 0 Å². The molecule has 0 saturated heterocycles. The second-order valence-electron chi connectivity index (χ2n) is 4.31. The largest absolute Gasteiger partial charge is 0.494 e. The summed E-state index contributed by atoms with van der Waals surface area (Å²) in [7, 11) is 0. The summed E-state index contributed by atoms with van der Waals surface area (Å²) in [6, 6.07) is 4.80. The van der Waals surface area contributed by atoms with Crippen LogP contribution in [-0.4, -0.2) is 18.4 Å².